The van der Waals surface area contributed by atoms with Crippen molar-refractivity contribution in [2.75, 3.05) is 0 Å². The van der Waals surface area contributed by atoms with Gasteiger partial charge in [-0.2, -0.15) is 12.6 Å². The van der Waals surface area contributed by atoms with E-state index in [9.17, 15) is 4.79 Å². The molecule has 0 radical (unpaired) electrons. The first-order chi connectivity index (χ1) is 6.82. The van der Waals surface area contributed by atoms with E-state index in [0.717, 1.165) is 11.1 Å². The molecule has 0 unspecified atom stereocenters. The third-order valence-electron chi connectivity index (χ3n) is 2.40. The summed E-state index contributed by atoms with van der Waals surface area (Å²) in [6.07, 6.45) is 0. The van der Waals surface area contributed by atoms with Crippen molar-refractivity contribution < 1.29 is 4.79 Å². The first kappa shape index (κ1) is 12.3. The van der Waals surface area contributed by atoms with Gasteiger partial charge in [-0.05, 0) is 12.3 Å². The zero-order valence-electron chi connectivity index (χ0n) is 9.74. The number of ketones is 1. The van der Waals surface area contributed by atoms with Crippen molar-refractivity contribution in [3.8, 4) is 0 Å². The Morgan fingerprint density at radius 3 is 2.07 bits per heavy atom. The van der Waals surface area contributed by atoms with Crippen molar-refractivity contribution in [2.45, 2.75) is 32.9 Å². The molecule has 0 aliphatic carbocycles. The van der Waals surface area contributed by atoms with Crippen molar-refractivity contribution in [1.29, 1.82) is 0 Å². The van der Waals surface area contributed by atoms with Crippen LogP contribution in [0.3, 0.4) is 0 Å². The molecule has 0 aliphatic rings. The topological polar surface area (TPSA) is 17.1 Å². The number of hydrogen-bond acceptors (Lipinski definition) is 2. The van der Waals surface area contributed by atoms with E-state index in [0.29, 0.717) is 0 Å². The van der Waals surface area contributed by atoms with Gasteiger partial charge in [-0.1, -0.05) is 50.6 Å². The highest BCUT2D eigenvalue weighted by Gasteiger charge is 2.28. The second kappa shape index (κ2) is 4.40. The Kier molecular flexibility index (Phi) is 3.61. The molecular formula is C13H18OS. The molecule has 1 nitrogen and oxygen atoms in total. The molecule has 1 aromatic carbocycles. The number of Topliss-reactive ketones (excluding diaryl/α,β-unsaturated/α-hetero) is 1. The van der Waals surface area contributed by atoms with Gasteiger partial charge in [0.1, 0.15) is 0 Å². The molecule has 0 aliphatic heterocycles. The molecule has 15 heavy (non-hydrogen) atoms. The third-order valence-corrected chi connectivity index (χ3v) is 3.41. The van der Waals surface area contributed by atoms with Gasteiger partial charge in [-0.3, -0.25) is 4.79 Å². The monoisotopic (exact) mass is 222 g/mol. The van der Waals surface area contributed by atoms with Gasteiger partial charge in [0.25, 0.3) is 0 Å². The molecule has 82 valence electrons. The smallest absolute Gasteiger partial charge is 0.176 e. The van der Waals surface area contributed by atoms with Crippen molar-refractivity contribution in [3.63, 3.8) is 0 Å². The minimum absolute atomic E-state index is 0.103. The van der Waals surface area contributed by atoms with Crippen LogP contribution >= 0.6 is 12.6 Å². The second-order valence-corrected chi connectivity index (χ2v) is 5.52. The van der Waals surface area contributed by atoms with E-state index in [2.05, 4.69) is 12.6 Å². The summed E-state index contributed by atoms with van der Waals surface area (Å²) in [6, 6.07) is 7.64. The highest BCUT2D eigenvalue weighted by molar-refractivity contribution is 7.81. The van der Waals surface area contributed by atoms with Crippen LogP contribution in [0.15, 0.2) is 24.3 Å². The van der Waals surface area contributed by atoms with Gasteiger partial charge >= 0.3 is 0 Å². The van der Waals surface area contributed by atoms with E-state index in [1.165, 1.54) is 0 Å². The zero-order chi connectivity index (χ0) is 11.6. The van der Waals surface area contributed by atoms with Crippen molar-refractivity contribution in [2.24, 2.45) is 5.41 Å². The van der Waals surface area contributed by atoms with Crippen LogP contribution in [0.4, 0.5) is 0 Å². The van der Waals surface area contributed by atoms with Crippen molar-refractivity contribution in [1.82, 2.24) is 0 Å². The first-order valence-corrected chi connectivity index (χ1v) is 5.63. The number of thiol groups is 1. The molecule has 0 amide bonds. The summed E-state index contributed by atoms with van der Waals surface area (Å²) in [5.74, 6) is 0.103. The maximum absolute atomic E-state index is 12.0. The summed E-state index contributed by atoms with van der Waals surface area (Å²) in [6.45, 7) is 8.08. The van der Waals surface area contributed by atoms with Crippen LogP contribution in [-0.2, 0) is 0 Å². The lowest BCUT2D eigenvalue weighted by Gasteiger charge is -2.25. The molecule has 1 rings (SSSR count). The van der Waals surface area contributed by atoms with E-state index < -0.39 is 0 Å². The van der Waals surface area contributed by atoms with Gasteiger partial charge in [0.15, 0.2) is 5.78 Å². The maximum Gasteiger partial charge on any atom is 0.176 e. The van der Waals surface area contributed by atoms with Crippen LogP contribution in [0.5, 0.6) is 0 Å². The number of rotatable bonds is 2. The predicted octanol–water partition coefficient (Wildman–Crippen LogP) is 3.52. The minimum Gasteiger partial charge on any atom is -0.293 e. The number of hydrogen-bond donors (Lipinski definition) is 1. The molecule has 0 saturated carbocycles. The predicted molar refractivity (Wildman–Crippen MR) is 67.7 cm³/mol. The SMILES string of the molecule is Cc1ccc(C(=O)[C@@H](S)C(C)(C)C)cc1. The molecule has 0 fully saturated rings. The van der Waals surface area contributed by atoms with Crippen LogP contribution in [0.25, 0.3) is 0 Å². The summed E-state index contributed by atoms with van der Waals surface area (Å²) >= 11 is 4.39. The Morgan fingerprint density at radius 1 is 1.20 bits per heavy atom. The molecule has 0 saturated heterocycles. The Bertz CT molecular complexity index is 346. The summed E-state index contributed by atoms with van der Waals surface area (Å²) in [4.78, 5) is 12.0. The average molecular weight is 222 g/mol. The Hall–Kier alpha value is -0.760. The lowest BCUT2D eigenvalue weighted by atomic mass is 9.87. The molecule has 1 atom stereocenters. The number of carbonyl (C=O) groups is 1. The number of carbonyl (C=O) groups excluding carboxylic acids is 1. The standard InChI is InChI=1S/C13H18OS/c1-9-5-7-10(8-6-9)11(14)12(15)13(2,3)4/h5-8,12,15H,1-4H3/t12-/m1/s1. The lowest BCUT2D eigenvalue weighted by molar-refractivity contribution is 0.0951. The normalized spacial score (nSPS) is 13.7. The van der Waals surface area contributed by atoms with Gasteiger partial charge in [0.05, 0.1) is 5.25 Å². The second-order valence-electron chi connectivity index (χ2n) is 5.00. The van der Waals surface area contributed by atoms with Crippen LogP contribution in [0, 0.1) is 12.3 Å². The number of aryl methyl sites for hydroxylation is 1. The van der Waals surface area contributed by atoms with Crippen molar-refractivity contribution >= 4 is 18.4 Å². The highest BCUT2D eigenvalue weighted by Crippen LogP contribution is 2.27. The van der Waals surface area contributed by atoms with Gasteiger partial charge in [0, 0.05) is 5.56 Å². The minimum atomic E-state index is -0.250. The Morgan fingerprint density at radius 2 is 1.67 bits per heavy atom. The van der Waals surface area contributed by atoms with E-state index in [4.69, 9.17) is 0 Å². The first-order valence-electron chi connectivity index (χ1n) is 5.11. The molecule has 0 N–H and O–H groups in total. The van der Waals surface area contributed by atoms with Crippen LogP contribution < -0.4 is 0 Å². The highest BCUT2D eigenvalue weighted by atomic mass is 32.1. The lowest BCUT2D eigenvalue weighted by Crippen LogP contribution is -2.29. The van der Waals surface area contributed by atoms with Crippen LogP contribution in [0.1, 0.15) is 36.7 Å². The van der Waals surface area contributed by atoms with E-state index in [1.807, 2.05) is 52.0 Å². The van der Waals surface area contributed by atoms with Crippen LogP contribution in [-0.4, -0.2) is 11.0 Å². The maximum atomic E-state index is 12.0. The fraction of sp³-hybridized carbons (Fsp3) is 0.462. The largest absolute Gasteiger partial charge is 0.293 e. The molecule has 0 spiro atoms. The summed E-state index contributed by atoms with van der Waals surface area (Å²) < 4.78 is 0. The van der Waals surface area contributed by atoms with Crippen molar-refractivity contribution in [3.05, 3.63) is 35.4 Å². The Balaban J connectivity index is 2.90. The summed E-state index contributed by atoms with van der Waals surface area (Å²) in [7, 11) is 0. The molecule has 2 heteroatoms. The van der Waals surface area contributed by atoms with Gasteiger partial charge < -0.3 is 0 Å². The van der Waals surface area contributed by atoms with Crippen LogP contribution in [0.2, 0.25) is 0 Å². The van der Waals surface area contributed by atoms with Gasteiger partial charge in [0.2, 0.25) is 0 Å². The summed E-state index contributed by atoms with van der Waals surface area (Å²) in [5, 5.41) is -0.250. The summed E-state index contributed by atoms with van der Waals surface area (Å²) in [5.41, 5.74) is 1.80. The fourth-order valence-corrected chi connectivity index (χ4v) is 1.42. The van der Waals surface area contributed by atoms with Gasteiger partial charge in [-0.25, -0.2) is 0 Å². The van der Waals surface area contributed by atoms with Gasteiger partial charge in [-0.15, -0.1) is 0 Å². The molecular weight excluding hydrogens is 204 g/mol. The van der Waals surface area contributed by atoms with E-state index >= 15 is 0 Å². The molecule has 0 bridgehead atoms. The average Bonchev–Trinajstić information content (AvgIpc) is 2.15. The molecule has 0 heterocycles. The number of benzene rings is 1. The molecule has 1 aromatic rings. The Labute approximate surface area is 97.3 Å². The molecule has 0 aromatic heterocycles. The third kappa shape index (κ3) is 3.10. The van der Waals surface area contributed by atoms with E-state index in [-0.39, 0.29) is 16.4 Å². The quantitative estimate of drug-likeness (QED) is 0.598. The van der Waals surface area contributed by atoms with E-state index in [1.54, 1.807) is 0 Å². The zero-order valence-corrected chi connectivity index (χ0v) is 10.6. The fourth-order valence-electron chi connectivity index (χ4n) is 1.27.